The van der Waals surface area contributed by atoms with Gasteiger partial charge in [0.15, 0.2) is 11.6 Å². The molecule has 0 aliphatic carbocycles. The minimum absolute atomic E-state index is 0.0298. The summed E-state index contributed by atoms with van der Waals surface area (Å²) < 4.78 is 82.8. The first-order chi connectivity index (χ1) is 24.5. The molecule has 2 N–H and O–H groups in total. The number of anilines is 1. The van der Waals surface area contributed by atoms with Gasteiger partial charge in [-0.05, 0) is 42.0 Å². The first kappa shape index (κ1) is 39.0. The molecule has 0 bridgehead atoms. The Morgan fingerprint density at radius 3 is 2.40 bits per heavy atom. The van der Waals surface area contributed by atoms with Crippen molar-refractivity contribution in [3.63, 3.8) is 0 Å². The highest BCUT2D eigenvalue weighted by Gasteiger charge is 2.46. The average molecular weight is 750 g/mol. The topological polar surface area (TPSA) is 107 Å². The van der Waals surface area contributed by atoms with Crippen molar-refractivity contribution in [1.82, 2.24) is 19.9 Å². The van der Waals surface area contributed by atoms with Crippen LogP contribution in [0.5, 0.6) is 5.75 Å². The number of carbonyl (C=O) groups excluding carboxylic acids is 2. The van der Waals surface area contributed by atoms with Crippen LogP contribution in [-0.4, -0.2) is 95.6 Å². The molecular weight excluding hydrogens is 709 g/mol. The lowest BCUT2D eigenvalue weighted by Gasteiger charge is -2.46. The lowest BCUT2D eigenvalue weighted by atomic mass is 9.82. The summed E-state index contributed by atoms with van der Waals surface area (Å²) >= 11 is 1.33. The molecule has 2 aromatic carbocycles. The number of hydrogen-bond donors (Lipinski definition) is 2. The Hall–Kier alpha value is -4.25. The van der Waals surface area contributed by atoms with E-state index in [4.69, 9.17) is 9.47 Å². The number of alkyl halides is 3. The van der Waals surface area contributed by atoms with Crippen LogP contribution < -0.4 is 10.1 Å². The van der Waals surface area contributed by atoms with Crippen molar-refractivity contribution >= 4 is 29.3 Å². The highest BCUT2D eigenvalue weighted by molar-refractivity contribution is 7.98. The minimum Gasteiger partial charge on any atom is -0.509 e. The molecule has 2 aliphatic heterocycles. The number of morpholine rings is 1. The average Bonchev–Trinajstić information content (AvgIpc) is 3.09. The molecule has 0 spiro atoms. The third-order valence-corrected chi connectivity index (χ3v) is 9.49. The summed E-state index contributed by atoms with van der Waals surface area (Å²) in [6.45, 7) is 7.87. The van der Waals surface area contributed by atoms with Crippen LogP contribution in [0.15, 0.2) is 65.0 Å². The maximum atomic E-state index is 15.5. The van der Waals surface area contributed by atoms with Crippen LogP contribution in [0.2, 0.25) is 0 Å². The Bertz CT molecular complexity index is 1830. The summed E-state index contributed by atoms with van der Waals surface area (Å²) in [5, 5.41) is 16.9. The van der Waals surface area contributed by atoms with E-state index in [1.54, 1.807) is 39.2 Å². The molecule has 1 saturated heterocycles. The molecule has 280 valence electrons. The van der Waals surface area contributed by atoms with Crippen molar-refractivity contribution in [3.05, 3.63) is 82.8 Å². The van der Waals surface area contributed by atoms with E-state index in [1.807, 2.05) is 0 Å². The van der Waals surface area contributed by atoms with Crippen LogP contribution in [0, 0.1) is 17.0 Å². The van der Waals surface area contributed by atoms with E-state index in [-0.39, 0.29) is 34.7 Å². The number of halogens is 5. The molecule has 0 radical (unpaired) electrons. The van der Waals surface area contributed by atoms with E-state index in [9.17, 15) is 27.9 Å². The first-order valence-corrected chi connectivity index (χ1v) is 17.6. The van der Waals surface area contributed by atoms with E-state index in [2.05, 4.69) is 15.2 Å². The van der Waals surface area contributed by atoms with Gasteiger partial charge in [0.1, 0.15) is 17.9 Å². The molecule has 2 aliphatic rings. The molecular formula is C36H40F5N5O5S. The number of nitrogens with one attached hydrogen (secondary N) is 1. The minimum atomic E-state index is -4.70. The van der Waals surface area contributed by atoms with Crippen LogP contribution >= 0.6 is 11.8 Å². The largest absolute Gasteiger partial charge is 0.509 e. The zero-order chi connectivity index (χ0) is 38.0. The van der Waals surface area contributed by atoms with Crippen molar-refractivity contribution in [2.75, 3.05) is 58.1 Å². The Morgan fingerprint density at radius 2 is 1.79 bits per heavy atom. The summed E-state index contributed by atoms with van der Waals surface area (Å²) in [5.41, 5.74) is -2.57. The summed E-state index contributed by atoms with van der Waals surface area (Å²) in [4.78, 5) is 34.2. The molecule has 0 unspecified atom stereocenters. The summed E-state index contributed by atoms with van der Waals surface area (Å²) in [7, 11) is 1.47. The van der Waals surface area contributed by atoms with Gasteiger partial charge in [0.2, 0.25) is 5.82 Å². The van der Waals surface area contributed by atoms with Crippen molar-refractivity contribution in [2.45, 2.75) is 44.6 Å². The van der Waals surface area contributed by atoms with Gasteiger partial charge in [-0.25, -0.2) is 14.4 Å². The van der Waals surface area contributed by atoms with Gasteiger partial charge in [-0.2, -0.15) is 17.6 Å². The molecule has 5 rings (SSSR count). The zero-order valence-electron chi connectivity index (χ0n) is 29.3. The van der Waals surface area contributed by atoms with Gasteiger partial charge in [0.05, 0.1) is 36.4 Å². The van der Waals surface area contributed by atoms with Crippen molar-refractivity contribution in [2.24, 2.45) is 5.41 Å². The molecule has 1 fully saturated rings. The molecule has 3 aromatic rings. The van der Waals surface area contributed by atoms with Crippen LogP contribution in [0.4, 0.5) is 27.6 Å². The number of carbonyl (C=O) groups is 2. The predicted octanol–water partition coefficient (Wildman–Crippen LogP) is 6.53. The van der Waals surface area contributed by atoms with Crippen molar-refractivity contribution < 1.29 is 46.1 Å². The fraction of sp³-hybridized carbons (Fsp3) is 0.417. The van der Waals surface area contributed by atoms with Gasteiger partial charge >= 0.3 is 6.18 Å². The van der Waals surface area contributed by atoms with Gasteiger partial charge in [-0.1, -0.05) is 32.9 Å². The maximum Gasteiger partial charge on any atom is 0.416 e. The fourth-order valence-corrected chi connectivity index (χ4v) is 6.55. The number of likely N-dealkylation sites (N-methyl/N-ethyl adjacent to an activating group) is 1. The number of pyridine rings is 1. The molecule has 1 aromatic heterocycles. The van der Waals surface area contributed by atoms with Crippen LogP contribution in [0.3, 0.4) is 0 Å². The van der Waals surface area contributed by atoms with Gasteiger partial charge in [-0.3, -0.25) is 19.5 Å². The Labute approximate surface area is 302 Å². The number of hydrogen-bond acceptors (Lipinski definition) is 9. The number of ether oxygens (including phenoxy) is 2. The van der Waals surface area contributed by atoms with E-state index in [0.717, 1.165) is 23.2 Å². The molecule has 10 nitrogen and oxygen atoms in total. The molecule has 0 saturated carbocycles. The van der Waals surface area contributed by atoms with E-state index < -0.39 is 64.5 Å². The van der Waals surface area contributed by atoms with Crippen LogP contribution in [-0.2, 0) is 27.0 Å². The molecule has 3 heterocycles. The second-order valence-corrected chi connectivity index (χ2v) is 14.2. The second kappa shape index (κ2) is 15.8. The lowest BCUT2D eigenvalue weighted by Crippen LogP contribution is -2.59. The van der Waals surface area contributed by atoms with Crippen LogP contribution in [0.25, 0.3) is 11.1 Å². The standard InChI is InChI=1S/C36H40F5N5O5S/c1-35(2,3)32-31(47)28(33(48)43-25-9-8-23(36(39,40)41)18-24(25)21-7-11-27(52-5)42-19-21)34(49)46(44(32)4)20-22-6-10-26(30(38)29(22)37)51-17-14-45-12-15-50-16-13-45/h6-11,18-19,32,47H,12-17,20H2,1-5H3,(H,43,48)/t32-/m1/s1. The second-order valence-electron chi connectivity index (χ2n) is 13.4. The van der Waals surface area contributed by atoms with Gasteiger partial charge < -0.3 is 19.9 Å². The highest BCUT2D eigenvalue weighted by atomic mass is 32.2. The number of amides is 2. The Kier molecular flexibility index (Phi) is 11.8. The SMILES string of the molecule is CSc1ccc(-c2cc(C(F)(F)F)ccc2NC(=O)C2=C(O)[C@H](C(C)(C)C)N(C)N(Cc3ccc(OCCN4CCOCC4)c(F)c3F)C2=O)cn1. The van der Waals surface area contributed by atoms with Gasteiger partial charge in [-0.15, -0.1) is 11.8 Å². The number of aliphatic hydroxyl groups excluding tert-OH is 1. The van der Waals surface area contributed by atoms with Gasteiger partial charge in [0, 0.05) is 55.3 Å². The summed E-state index contributed by atoms with van der Waals surface area (Å²) in [5.74, 6) is -5.54. The quantitative estimate of drug-likeness (QED) is 0.136. The third kappa shape index (κ3) is 8.51. The van der Waals surface area contributed by atoms with E-state index in [0.29, 0.717) is 37.9 Å². The number of thioether (sulfide) groups is 1. The molecule has 16 heteroatoms. The van der Waals surface area contributed by atoms with Crippen LogP contribution in [0.1, 0.15) is 31.9 Å². The normalized spacial score (nSPS) is 17.8. The molecule has 2 amide bonds. The monoisotopic (exact) mass is 749 g/mol. The molecule has 52 heavy (non-hydrogen) atoms. The number of rotatable bonds is 10. The number of aromatic nitrogens is 1. The number of hydrazine groups is 1. The Balaban J connectivity index is 1.44. The summed E-state index contributed by atoms with van der Waals surface area (Å²) in [6, 6.07) is 7.38. The van der Waals surface area contributed by atoms with E-state index >= 15 is 8.78 Å². The number of nitrogens with zero attached hydrogens (tertiary/aromatic N) is 4. The van der Waals surface area contributed by atoms with Crippen molar-refractivity contribution in [3.8, 4) is 16.9 Å². The highest BCUT2D eigenvalue weighted by Crippen LogP contribution is 2.39. The first-order valence-electron chi connectivity index (χ1n) is 16.4. The summed E-state index contributed by atoms with van der Waals surface area (Å²) in [6.07, 6.45) is -1.55. The lowest BCUT2D eigenvalue weighted by molar-refractivity contribution is -0.158. The van der Waals surface area contributed by atoms with Gasteiger partial charge in [0.25, 0.3) is 11.8 Å². The molecule has 1 atom stereocenters. The van der Waals surface area contributed by atoms with E-state index in [1.165, 1.54) is 42.1 Å². The predicted molar refractivity (Wildman–Crippen MR) is 185 cm³/mol. The Morgan fingerprint density at radius 1 is 1.08 bits per heavy atom. The maximum absolute atomic E-state index is 15.5. The van der Waals surface area contributed by atoms with Crippen molar-refractivity contribution in [1.29, 1.82) is 0 Å². The fourth-order valence-electron chi connectivity index (χ4n) is 6.19. The number of aliphatic hydroxyl groups is 1. The number of benzene rings is 2. The third-order valence-electron chi connectivity index (χ3n) is 8.83. The smallest absolute Gasteiger partial charge is 0.416 e. The zero-order valence-corrected chi connectivity index (χ0v) is 30.1.